The lowest BCUT2D eigenvalue weighted by Crippen LogP contribution is -2.13. The lowest BCUT2D eigenvalue weighted by molar-refractivity contribution is 0.411. The topological polar surface area (TPSA) is 110 Å². The number of methoxy groups -OCH3 is 1. The molecule has 0 radical (unpaired) electrons. The van der Waals surface area contributed by atoms with E-state index >= 15 is 0 Å². The number of nitrogens with two attached hydrogens (primary N) is 1. The second-order valence-electron chi connectivity index (χ2n) is 4.10. The van der Waals surface area contributed by atoms with Crippen molar-refractivity contribution < 1.29 is 4.74 Å². The lowest BCUT2D eigenvalue weighted by atomic mass is 10.1. The smallest absolute Gasteiger partial charge is 0.343 e. The number of hydrogen-bond acceptors (Lipinski definition) is 5. The van der Waals surface area contributed by atoms with Crippen molar-refractivity contribution in [1.29, 1.82) is 5.41 Å². The number of nitrogens with one attached hydrogen (secondary N) is 2. The molecule has 0 saturated heterocycles. The Labute approximate surface area is 119 Å². The highest BCUT2D eigenvalue weighted by Gasteiger charge is 2.10. The largest absolute Gasteiger partial charge is 0.496 e. The van der Waals surface area contributed by atoms with Gasteiger partial charge in [0.25, 0.3) is 0 Å². The molecule has 8 heteroatoms. The number of H-pyrrole nitrogens is 1. The summed E-state index contributed by atoms with van der Waals surface area (Å²) in [5.74, 6) is 1.27. The Morgan fingerprint density at radius 2 is 2.35 bits per heavy atom. The molecule has 0 unspecified atom stereocenters. The van der Waals surface area contributed by atoms with Crippen LogP contribution >= 0.6 is 11.8 Å². The van der Waals surface area contributed by atoms with Crippen molar-refractivity contribution >= 4 is 17.6 Å². The summed E-state index contributed by atoms with van der Waals surface area (Å²) in [7, 11) is 3.23. The van der Waals surface area contributed by atoms with E-state index in [0.29, 0.717) is 22.2 Å². The lowest BCUT2D eigenvalue weighted by Gasteiger charge is -2.09. The maximum Gasteiger partial charge on any atom is 0.343 e. The van der Waals surface area contributed by atoms with E-state index in [-0.39, 0.29) is 11.5 Å². The van der Waals surface area contributed by atoms with E-state index in [0.717, 1.165) is 5.56 Å². The average molecular weight is 293 g/mol. The first-order chi connectivity index (χ1) is 9.52. The van der Waals surface area contributed by atoms with Crippen LogP contribution in [-0.4, -0.2) is 27.7 Å². The van der Waals surface area contributed by atoms with Crippen LogP contribution in [0.4, 0.5) is 0 Å². The van der Waals surface area contributed by atoms with Gasteiger partial charge in [0.05, 0.1) is 7.11 Å². The molecule has 1 aromatic heterocycles. The van der Waals surface area contributed by atoms with Crippen LogP contribution in [-0.2, 0) is 12.8 Å². The number of benzene rings is 1. The van der Waals surface area contributed by atoms with Gasteiger partial charge in [-0.15, -0.1) is 5.10 Å². The first kappa shape index (κ1) is 14.2. The van der Waals surface area contributed by atoms with Gasteiger partial charge < -0.3 is 10.5 Å². The Balaban J connectivity index is 2.23. The van der Waals surface area contributed by atoms with Gasteiger partial charge in [-0.1, -0.05) is 11.8 Å². The highest BCUT2D eigenvalue weighted by atomic mass is 32.2. The van der Waals surface area contributed by atoms with Crippen molar-refractivity contribution in [2.75, 3.05) is 7.11 Å². The molecule has 2 rings (SSSR count). The second kappa shape index (κ2) is 5.83. The zero-order valence-electron chi connectivity index (χ0n) is 11.1. The zero-order valence-corrected chi connectivity index (χ0v) is 12.0. The number of nitrogen functional groups attached to an aromatic ring is 1. The van der Waals surface area contributed by atoms with E-state index in [4.69, 9.17) is 15.9 Å². The Morgan fingerprint density at radius 3 is 2.90 bits per heavy atom. The van der Waals surface area contributed by atoms with Crippen LogP contribution < -0.4 is 16.2 Å². The third-order valence-corrected chi connectivity index (χ3v) is 3.87. The number of ether oxygens (including phenoxy) is 1. The number of nitrogens with zero attached hydrogens (tertiary/aromatic N) is 2. The molecule has 2 aromatic rings. The molecule has 0 spiro atoms. The number of thioether (sulfide) groups is 1. The van der Waals surface area contributed by atoms with Crippen molar-refractivity contribution in [3.05, 3.63) is 39.8 Å². The summed E-state index contributed by atoms with van der Waals surface area (Å²) in [6.07, 6.45) is 0. The second-order valence-corrected chi connectivity index (χ2v) is 5.04. The summed E-state index contributed by atoms with van der Waals surface area (Å²) in [6, 6.07) is 5.31. The summed E-state index contributed by atoms with van der Waals surface area (Å²) in [5, 5.41) is 14.4. The van der Waals surface area contributed by atoms with E-state index in [1.807, 2.05) is 0 Å². The summed E-state index contributed by atoms with van der Waals surface area (Å²) in [5.41, 5.74) is 6.75. The maximum absolute atomic E-state index is 11.3. The summed E-state index contributed by atoms with van der Waals surface area (Å²) in [6.45, 7) is 0. The first-order valence-electron chi connectivity index (χ1n) is 5.78. The van der Waals surface area contributed by atoms with Crippen LogP contribution in [0.25, 0.3) is 0 Å². The fourth-order valence-corrected chi connectivity index (χ4v) is 2.56. The molecule has 20 heavy (non-hydrogen) atoms. The highest BCUT2D eigenvalue weighted by Crippen LogP contribution is 2.27. The summed E-state index contributed by atoms with van der Waals surface area (Å²) < 4.78 is 6.72. The van der Waals surface area contributed by atoms with Gasteiger partial charge in [0.1, 0.15) is 11.6 Å². The van der Waals surface area contributed by atoms with Crippen LogP contribution in [0, 0.1) is 5.41 Å². The Morgan fingerprint density at radius 1 is 1.60 bits per heavy atom. The van der Waals surface area contributed by atoms with Crippen LogP contribution in [0.3, 0.4) is 0 Å². The van der Waals surface area contributed by atoms with Gasteiger partial charge >= 0.3 is 5.69 Å². The molecule has 0 fully saturated rings. The summed E-state index contributed by atoms with van der Waals surface area (Å²) in [4.78, 5) is 11.3. The molecular formula is C12H15N5O2S. The van der Waals surface area contributed by atoms with Gasteiger partial charge in [0, 0.05) is 23.9 Å². The average Bonchev–Trinajstić information content (AvgIpc) is 2.76. The van der Waals surface area contributed by atoms with Crippen molar-refractivity contribution in [2.45, 2.75) is 10.9 Å². The summed E-state index contributed by atoms with van der Waals surface area (Å²) >= 11 is 1.40. The monoisotopic (exact) mass is 293 g/mol. The molecule has 4 N–H and O–H groups in total. The molecule has 106 valence electrons. The minimum absolute atomic E-state index is 0.00562. The quantitative estimate of drug-likeness (QED) is 0.427. The molecule has 1 heterocycles. The molecular weight excluding hydrogens is 278 g/mol. The fourth-order valence-electron chi connectivity index (χ4n) is 1.66. The molecule has 0 amide bonds. The number of aromatic amines is 1. The Kier molecular flexibility index (Phi) is 4.14. The standard InChI is InChI=1S/C12H15N5O2S/c1-17-11(18)15-16-12(17)20-6-8-5-7(10(13)14)3-4-9(8)19-2/h3-5H,6H2,1-2H3,(H3,13,14)(H,15,18). The normalized spacial score (nSPS) is 10.5. The molecule has 0 bridgehead atoms. The number of amidine groups is 1. The number of aromatic nitrogens is 3. The first-order valence-corrected chi connectivity index (χ1v) is 6.77. The van der Waals surface area contributed by atoms with Crippen LogP contribution in [0.2, 0.25) is 0 Å². The predicted molar refractivity (Wildman–Crippen MR) is 77.4 cm³/mol. The van der Waals surface area contributed by atoms with E-state index < -0.39 is 0 Å². The third kappa shape index (κ3) is 2.85. The molecule has 0 atom stereocenters. The van der Waals surface area contributed by atoms with Gasteiger partial charge in [-0.2, -0.15) is 0 Å². The van der Waals surface area contributed by atoms with Crippen LogP contribution in [0.15, 0.2) is 28.2 Å². The van der Waals surface area contributed by atoms with Gasteiger partial charge in [0.15, 0.2) is 5.16 Å². The maximum atomic E-state index is 11.3. The number of rotatable bonds is 5. The minimum atomic E-state index is -0.253. The van der Waals surface area contributed by atoms with Crippen LogP contribution in [0.5, 0.6) is 5.75 Å². The molecule has 7 nitrogen and oxygen atoms in total. The van der Waals surface area contributed by atoms with Crippen molar-refractivity contribution in [1.82, 2.24) is 14.8 Å². The van der Waals surface area contributed by atoms with Crippen molar-refractivity contribution in [2.24, 2.45) is 12.8 Å². The Bertz CT molecular complexity index is 691. The Hall–Kier alpha value is -2.22. The zero-order chi connectivity index (χ0) is 14.7. The highest BCUT2D eigenvalue weighted by molar-refractivity contribution is 7.98. The van der Waals surface area contributed by atoms with E-state index in [1.165, 1.54) is 16.3 Å². The third-order valence-electron chi connectivity index (χ3n) is 2.79. The molecule has 0 saturated carbocycles. The van der Waals surface area contributed by atoms with Gasteiger partial charge in [-0.25, -0.2) is 9.89 Å². The van der Waals surface area contributed by atoms with Gasteiger partial charge in [-0.05, 0) is 18.2 Å². The molecule has 0 aliphatic carbocycles. The molecule has 0 aliphatic rings. The van der Waals surface area contributed by atoms with Crippen molar-refractivity contribution in [3.8, 4) is 5.75 Å². The molecule has 0 aliphatic heterocycles. The van der Waals surface area contributed by atoms with Gasteiger partial charge in [-0.3, -0.25) is 9.98 Å². The van der Waals surface area contributed by atoms with E-state index in [1.54, 1.807) is 32.4 Å². The fraction of sp³-hybridized carbons (Fsp3) is 0.250. The molecule has 1 aromatic carbocycles. The number of hydrogen-bond donors (Lipinski definition) is 3. The van der Waals surface area contributed by atoms with E-state index in [2.05, 4.69) is 10.2 Å². The minimum Gasteiger partial charge on any atom is -0.496 e. The van der Waals surface area contributed by atoms with Crippen molar-refractivity contribution in [3.63, 3.8) is 0 Å². The van der Waals surface area contributed by atoms with Gasteiger partial charge in [0.2, 0.25) is 0 Å². The SMILES string of the molecule is COc1ccc(C(=N)N)cc1CSc1n[nH]c(=O)n1C. The predicted octanol–water partition coefficient (Wildman–Crippen LogP) is 0.693. The van der Waals surface area contributed by atoms with E-state index in [9.17, 15) is 4.79 Å². The van der Waals surface area contributed by atoms with Crippen LogP contribution in [0.1, 0.15) is 11.1 Å².